The molecule has 0 saturated carbocycles. The van der Waals surface area contributed by atoms with Gasteiger partial charge in [-0.3, -0.25) is 9.59 Å². The monoisotopic (exact) mass is 392 g/mol. The van der Waals surface area contributed by atoms with Gasteiger partial charge in [-0.2, -0.15) is 0 Å². The topological polar surface area (TPSA) is 58.6 Å². The average molecular weight is 393 g/mol. The SMILES string of the molecule is CSc1ccccc1NC(=O)CN(C)C(=O)[C@H](C)Oc1ccccc1Cl. The van der Waals surface area contributed by atoms with E-state index in [1.165, 1.54) is 4.90 Å². The standard InChI is InChI=1S/C19H21ClN2O3S/c1-13(25-16-10-6-4-8-14(16)20)19(24)22(2)12-18(23)21-15-9-5-7-11-17(15)26-3/h4-11,13H,12H2,1-3H3,(H,21,23)/t13-/m0/s1. The molecular weight excluding hydrogens is 372 g/mol. The molecule has 0 aliphatic heterocycles. The number of carbonyl (C=O) groups is 2. The lowest BCUT2D eigenvalue weighted by molar-refractivity contribution is -0.139. The fourth-order valence-electron chi connectivity index (χ4n) is 2.32. The number of nitrogens with zero attached hydrogens (tertiary/aromatic N) is 1. The minimum Gasteiger partial charge on any atom is -0.479 e. The third kappa shape index (κ3) is 5.41. The molecule has 138 valence electrons. The highest BCUT2D eigenvalue weighted by Gasteiger charge is 2.22. The Hall–Kier alpha value is -2.18. The fourth-order valence-corrected chi connectivity index (χ4v) is 3.06. The van der Waals surface area contributed by atoms with E-state index in [1.54, 1.807) is 50.0 Å². The van der Waals surface area contributed by atoms with Crippen LogP contribution in [0.3, 0.4) is 0 Å². The molecule has 1 atom stereocenters. The Morgan fingerprint density at radius 1 is 1.19 bits per heavy atom. The van der Waals surface area contributed by atoms with E-state index in [9.17, 15) is 9.59 Å². The van der Waals surface area contributed by atoms with Gasteiger partial charge >= 0.3 is 0 Å². The molecule has 0 unspecified atom stereocenters. The largest absolute Gasteiger partial charge is 0.479 e. The van der Waals surface area contributed by atoms with Crippen molar-refractivity contribution >= 4 is 40.9 Å². The number of amides is 2. The summed E-state index contributed by atoms with van der Waals surface area (Å²) in [5, 5.41) is 3.26. The summed E-state index contributed by atoms with van der Waals surface area (Å²) in [6.45, 7) is 1.56. The second-order valence-corrected chi connectivity index (χ2v) is 6.89. The van der Waals surface area contributed by atoms with Crippen LogP contribution in [-0.2, 0) is 9.59 Å². The van der Waals surface area contributed by atoms with Crippen LogP contribution in [0.5, 0.6) is 5.75 Å². The first-order chi connectivity index (χ1) is 12.4. The molecule has 2 aromatic carbocycles. The molecule has 2 amide bonds. The van der Waals surface area contributed by atoms with Crippen molar-refractivity contribution in [3.63, 3.8) is 0 Å². The van der Waals surface area contributed by atoms with Crippen LogP contribution in [0.25, 0.3) is 0 Å². The van der Waals surface area contributed by atoms with Gasteiger partial charge in [0.2, 0.25) is 5.91 Å². The first kappa shape index (κ1) is 20.1. The van der Waals surface area contributed by atoms with Gasteiger partial charge in [-0.25, -0.2) is 0 Å². The van der Waals surface area contributed by atoms with E-state index in [-0.39, 0.29) is 18.4 Å². The van der Waals surface area contributed by atoms with Crippen molar-refractivity contribution in [1.82, 2.24) is 4.90 Å². The normalized spacial score (nSPS) is 11.5. The maximum absolute atomic E-state index is 12.4. The molecular formula is C19H21ClN2O3S. The van der Waals surface area contributed by atoms with E-state index in [2.05, 4.69) is 5.32 Å². The van der Waals surface area contributed by atoms with Gasteiger partial charge < -0.3 is 15.0 Å². The highest BCUT2D eigenvalue weighted by atomic mass is 35.5. The third-order valence-corrected chi connectivity index (χ3v) is 4.73. The van der Waals surface area contributed by atoms with Crippen molar-refractivity contribution in [3.05, 3.63) is 53.6 Å². The lowest BCUT2D eigenvalue weighted by atomic mass is 10.3. The average Bonchev–Trinajstić information content (AvgIpc) is 2.63. The molecule has 26 heavy (non-hydrogen) atoms. The van der Waals surface area contributed by atoms with Crippen LogP contribution in [0.15, 0.2) is 53.4 Å². The predicted molar refractivity (Wildman–Crippen MR) is 106 cm³/mol. The van der Waals surface area contributed by atoms with Gasteiger partial charge in [-0.1, -0.05) is 35.9 Å². The summed E-state index contributed by atoms with van der Waals surface area (Å²) in [4.78, 5) is 27.0. The van der Waals surface area contributed by atoms with Crippen molar-refractivity contribution in [1.29, 1.82) is 0 Å². The Labute approximate surface area is 162 Å². The Bertz CT molecular complexity index is 785. The number of carbonyl (C=O) groups excluding carboxylic acids is 2. The first-order valence-electron chi connectivity index (χ1n) is 8.01. The minimum absolute atomic E-state index is 0.0717. The highest BCUT2D eigenvalue weighted by Crippen LogP contribution is 2.25. The van der Waals surface area contributed by atoms with Crippen LogP contribution < -0.4 is 10.1 Å². The van der Waals surface area contributed by atoms with Crippen molar-refractivity contribution in [2.24, 2.45) is 0 Å². The maximum Gasteiger partial charge on any atom is 0.263 e. The smallest absolute Gasteiger partial charge is 0.263 e. The maximum atomic E-state index is 12.4. The zero-order valence-electron chi connectivity index (χ0n) is 14.9. The highest BCUT2D eigenvalue weighted by molar-refractivity contribution is 7.98. The molecule has 0 spiro atoms. The van der Waals surface area contributed by atoms with Crippen molar-refractivity contribution in [2.45, 2.75) is 17.9 Å². The number of para-hydroxylation sites is 2. The Kier molecular flexibility index (Phi) is 7.36. The zero-order chi connectivity index (χ0) is 19.1. The molecule has 0 aromatic heterocycles. The minimum atomic E-state index is -0.758. The summed E-state index contributed by atoms with van der Waals surface area (Å²) in [7, 11) is 1.56. The molecule has 0 aliphatic carbocycles. The third-order valence-electron chi connectivity index (χ3n) is 3.63. The number of benzene rings is 2. The van der Waals surface area contributed by atoms with E-state index in [0.29, 0.717) is 10.8 Å². The molecule has 0 saturated heterocycles. The number of halogens is 1. The van der Waals surface area contributed by atoms with Gasteiger partial charge in [0.25, 0.3) is 5.91 Å². The lowest BCUT2D eigenvalue weighted by Gasteiger charge is -2.22. The predicted octanol–water partition coefficient (Wildman–Crippen LogP) is 3.93. The number of hydrogen-bond donors (Lipinski definition) is 1. The molecule has 1 N–H and O–H groups in total. The number of likely N-dealkylation sites (N-methyl/N-ethyl adjacent to an activating group) is 1. The van der Waals surface area contributed by atoms with Crippen LogP contribution in [0, 0.1) is 0 Å². The van der Waals surface area contributed by atoms with Gasteiger partial charge in [-0.05, 0) is 37.4 Å². The lowest BCUT2D eigenvalue weighted by Crippen LogP contribution is -2.42. The Morgan fingerprint density at radius 3 is 2.54 bits per heavy atom. The van der Waals surface area contributed by atoms with Crippen LogP contribution in [0.1, 0.15) is 6.92 Å². The summed E-state index contributed by atoms with van der Waals surface area (Å²) in [5.41, 5.74) is 0.728. The molecule has 2 aromatic rings. The molecule has 0 radical (unpaired) electrons. The van der Waals surface area contributed by atoms with E-state index in [1.807, 2.05) is 30.5 Å². The van der Waals surface area contributed by atoms with E-state index >= 15 is 0 Å². The number of nitrogens with one attached hydrogen (secondary N) is 1. The summed E-state index contributed by atoms with van der Waals surface area (Å²) in [6.07, 6.45) is 1.18. The summed E-state index contributed by atoms with van der Waals surface area (Å²) >= 11 is 7.58. The van der Waals surface area contributed by atoms with Crippen LogP contribution >= 0.6 is 23.4 Å². The van der Waals surface area contributed by atoms with Gasteiger partial charge in [0.05, 0.1) is 17.3 Å². The Morgan fingerprint density at radius 2 is 1.85 bits per heavy atom. The molecule has 0 heterocycles. The first-order valence-corrected chi connectivity index (χ1v) is 9.61. The number of anilines is 1. The number of rotatable bonds is 7. The number of hydrogen-bond acceptors (Lipinski definition) is 4. The quantitative estimate of drug-likeness (QED) is 0.725. The number of ether oxygens (including phenoxy) is 1. The second-order valence-electron chi connectivity index (χ2n) is 5.63. The molecule has 2 rings (SSSR count). The van der Waals surface area contributed by atoms with Crippen LogP contribution in [0.4, 0.5) is 5.69 Å². The second kappa shape index (κ2) is 9.50. The summed E-state index contributed by atoms with van der Waals surface area (Å²) in [5.74, 6) is -0.146. The van der Waals surface area contributed by atoms with E-state index < -0.39 is 6.10 Å². The van der Waals surface area contributed by atoms with E-state index in [4.69, 9.17) is 16.3 Å². The molecule has 0 bridgehead atoms. The Balaban J connectivity index is 1.93. The van der Waals surface area contributed by atoms with Gasteiger partial charge in [0, 0.05) is 11.9 Å². The van der Waals surface area contributed by atoms with Gasteiger partial charge in [-0.15, -0.1) is 11.8 Å². The molecule has 5 nitrogen and oxygen atoms in total. The van der Waals surface area contributed by atoms with Crippen molar-refractivity contribution in [2.75, 3.05) is 25.2 Å². The van der Waals surface area contributed by atoms with Crippen LogP contribution in [0.2, 0.25) is 5.02 Å². The zero-order valence-corrected chi connectivity index (χ0v) is 16.4. The van der Waals surface area contributed by atoms with E-state index in [0.717, 1.165) is 10.6 Å². The fraction of sp³-hybridized carbons (Fsp3) is 0.263. The van der Waals surface area contributed by atoms with Crippen LogP contribution in [-0.4, -0.2) is 42.7 Å². The summed E-state index contributed by atoms with van der Waals surface area (Å²) in [6, 6.07) is 14.5. The molecule has 0 fully saturated rings. The van der Waals surface area contributed by atoms with Gasteiger partial charge in [0.1, 0.15) is 5.75 Å². The number of thioether (sulfide) groups is 1. The molecule has 0 aliphatic rings. The van der Waals surface area contributed by atoms with Crippen molar-refractivity contribution < 1.29 is 14.3 Å². The molecule has 7 heteroatoms. The van der Waals surface area contributed by atoms with Crippen molar-refractivity contribution in [3.8, 4) is 5.75 Å². The summed E-state index contributed by atoms with van der Waals surface area (Å²) < 4.78 is 5.61. The van der Waals surface area contributed by atoms with Gasteiger partial charge in [0.15, 0.2) is 6.10 Å².